The molecule has 0 saturated heterocycles. The van der Waals surface area contributed by atoms with Crippen molar-refractivity contribution < 1.29 is 31.2 Å². The van der Waals surface area contributed by atoms with Crippen LogP contribution in [0.4, 0.5) is 10.5 Å². The molecule has 1 aromatic heterocycles. The van der Waals surface area contributed by atoms with Crippen LogP contribution in [0.15, 0.2) is 30.5 Å². The van der Waals surface area contributed by atoms with E-state index in [1.807, 2.05) is 6.07 Å². The second-order valence-electron chi connectivity index (χ2n) is 8.45. The third-order valence-electron chi connectivity index (χ3n) is 4.11. The average molecular weight is 501 g/mol. The van der Waals surface area contributed by atoms with Gasteiger partial charge in [0.15, 0.2) is 0 Å². The number of aromatic nitrogens is 1. The van der Waals surface area contributed by atoms with Crippen molar-refractivity contribution in [3.05, 3.63) is 36.2 Å². The van der Waals surface area contributed by atoms with Crippen LogP contribution >= 0.6 is 11.0 Å². The van der Waals surface area contributed by atoms with E-state index in [0.717, 1.165) is 10.6 Å². The van der Waals surface area contributed by atoms with E-state index in [1.165, 1.54) is 6.20 Å². The monoisotopic (exact) mass is 500 g/mol. The van der Waals surface area contributed by atoms with Crippen molar-refractivity contribution in [2.45, 2.75) is 33.3 Å². The molecule has 0 aliphatic rings. The van der Waals surface area contributed by atoms with E-state index < -0.39 is 38.7 Å². The molecule has 182 valence electrons. The molecule has 33 heavy (non-hydrogen) atoms. The summed E-state index contributed by atoms with van der Waals surface area (Å²) >= 11 is 0. The Bertz CT molecular complexity index is 1160. The molecule has 0 radical (unpaired) electrons. The number of hydrogen-bond acceptors (Lipinski definition) is 10. The molecule has 0 fully saturated rings. The van der Waals surface area contributed by atoms with Crippen LogP contribution in [0, 0.1) is 17.2 Å². The molecule has 1 heterocycles. The highest BCUT2D eigenvalue weighted by atomic mass is 32.3. The van der Waals surface area contributed by atoms with Crippen molar-refractivity contribution in [3.63, 3.8) is 0 Å². The molecule has 2 aromatic rings. The van der Waals surface area contributed by atoms with Gasteiger partial charge in [0.25, 0.3) is 10.1 Å². The lowest BCUT2D eigenvalue weighted by atomic mass is 10.1. The number of ether oxygens (including phenoxy) is 1. The number of carbonyl (C=O) groups is 1. The molecule has 2 rings (SSSR count). The van der Waals surface area contributed by atoms with E-state index in [0.29, 0.717) is 16.5 Å². The molecular weight excluding hydrogens is 472 g/mol. The standard InChI is InChI=1S/C20H28N4O7S2/c1-14(13-30-32(5,26)27)12-24(33(28,29)23-19(25)31-20(2,3)4)16-6-7-17-15(10-16)8-9-22-18(17)11-21/h6-10,14,28-29H,12-13H2,1-5H3,(H,23,25)/t14-/m0/s1. The van der Waals surface area contributed by atoms with E-state index in [-0.39, 0.29) is 18.8 Å². The minimum Gasteiger partial charge on any atom is -0.443 e. The van der Waals surface area contributed by atoms with Gasteiger partial charge in [-0.2, -0.15) is 13.7 Å². The van der Waals surface area contributed by atoms with E-state index in [4.69, 9.17) is 8.92 Å². The minimum absolute atomic E-state index is 0.0879. The summed E-state index contributed by atoms with van der Waals surface area (Å²) in [6.45, 7) is 6.24. The van der Waals surface area contributed by atoms with Gasteiger partial charge in [0, 0.05) is 24.0 Å². The molecule has 0 saturated carbocycles. The Balaban J connectivity index is 2.42. The predicted octanol–water partition coefficient (Wildman–Crippen LogP) is 3.63. The number of rotatable bonds is 8. The highest BCUT2D eigenvalue weighted by molar-refractivity contribution is 8.24. The van der Waals surface area contributed by atoms with Gasteiger partial charge in [0.05, 0.1) is 18.6 Å². The highest BCUT2D eigenvalue weighted by Crippen LogP contribution is 2.44. The van der Waals surface area contributed by atoms with Crippen LogP contribution in [0.25, 0.3) is 10.8 Å². The van der Waals surface area contributed by atoms with E-state index >= 15 is 0 Å². The number of nitrogens with one attached hydrogen (secondary N) is 1. The Morgan fingerprint density at radius 3 is 2.55 bits per heavy atom. The van der Waals surface area contributed by atoms with Crippen LogP contribution < -0.4 is 9.03 Å². The molecule has 1 aromatic carbocycles. The third kappa shape index (κ3) is 8.02. The Morgan fingerprint density at radius 1 is 1.30 bits per heavy atom. The van der Waals surface area contributed by atoms with E-state index in [9.17, 15) is 27.6 Å². The Morgan fingerprint density at radius 2 is 1.97 bits per heavy atom. The van der Waals surface area contributed by atoms with Crippen LogP contribution in [0.2, 0.25) is 0 Å². The number of hydrogen-bond donors (Lipinski definition) is 3. The van der Waals surface area contributed by atoms with Crippen LogP contribution in [-0.2, 0) is 19.0 Å². The molecule has 0 aliphatic carbocycles. The van der Waals surface area contributed by atoms with E-state index in [1.54, 1.807) is 52.0 Å². The van der Waals surface area contributed by atoms with Crippen molar-refractivity contribution in [2.75, 3.05) is 23.7 Å². The largest absolute Gasteiger partial charge is 0.443 e. The fourth-order valence-electron chi connectivity index (χ4n) is 2.81. The van der Waals surface area contributed by atoms with Gasteiger partial charge >= 0.3 is 6.09 Å². The fraction of sp³-hybridized carbons (Fsp3) is 0.450. The van der Waals surface area contributed by atoms with Crippen molar-refractivity contribution in [3.8, 4) is 6.07 Å². The van der Waals surface area contributed by atoms with Gasteiger partial charge in [-0.1, -0.05) is 6.92 Å². The van der Waals surface area contributed by atoms with Crippen molar-refractivity contribution in [1.29, 1.82) is 5.26 Å². The lowest BCUT2D eigenvalue weighted by Gasteiger charge is -2.44. The number of fused-ring (bicyclic) bond motifs is 1. The quantitative estimate of drug-likeness (QED) is 0.456. The summed E-state index contributed by atoms with van der Waals surface area (Å²) in [7, 11) is -7.65. The number of nitriles is 1. The minimum atomic E-state index is -3.96. The number of pyridine rings is 1. The number of anilines is 1. The first kappa shape index (κ1) is 26.6. The SMILES string of the molecule is C[C@H](COS(C)(=O)=O)CN(c1ccc2c(C#N)nccc2c1)S(O)(O)NC(=O)OC(C)(C)C. The van der Waals surface area contributed by atoms with Gasteiger partial charge in [-0.3, -0.25) is 17.6 Å². The summed E-state index contributed by atoms with van der Waals surface area (Å²) in [5.41, 5.74) is -0.358. The molecule has 0 unspecified atom stereocenters. The smallest absolute Gasteiger partial charge is 0.427 e. The zero-order valence-corrected chi connectivity index (χ0v) is 20.6. The summed E-state index contributed by atoms with van der Waals surface area (Å²) in [6, 6.07) is 8.40. The molecule has 0 aliphatic heterocycles. The molecule has 3 N–H and O–H groups in total. The fourth-order valence-corrected chi connectivity index (χ4v) is 4.53. The Hall–Kier alpha value is -2.63. The zero-order chi connectivity index (χ0) is 25.0. The van der Waals surface area contributed by atoms with E-state index in [2.05, 4.69) is 9.71 Å². The van der Waals surface area contributed by atoms with Gasteiger partial charge in [-0.05, 0) is 61.4 Å². The summed E-state index contributed by atoms with van der Waals surface area (Å²) in [6.07, 6.45) is 1.33. The van der Waals surface area contributed by atoms with Crippen LogP contribution in [0.1, 0.15) is 33.4 Å². The van der Waals surface area contributed by atoms with Crippen molar-refractivity contribution in [1.82, 2.24) is 9.71 Å². The first-order chi connectivity index (χ1) is 15.1. The van der Waals surface area contributed by atoms with Crippen molar-refractivity contribution >= 4 is 43.6 Å². The Labute approximate surface area is 195 Å². The van der Waals surface area contributed by atoms with Gasteiger partial charge in [-0.25, -0.2) is 14.5 Å². The first-order valence-electron chi connectivity index (χ1n) is 9.81. The molecule has 0 spiro atoms. The van der Waals surface area contributed by atoms with Gasteiger partial charge in [0.2, 0.25) is 0 Å². The van der Waals surface area contributed by atoms with Gasteiger partial charge in [-0.15, -0.1) is 0 Å². The maximum atomic E-state index is 12.2. The molecular formula is C20H28N4O7S2. The summed E-state index contributed by atoms with van der Waals surface area (Å²) in [4.78, 5) is 16.2. The number of nitrogens with zero attached hydrogens (tertiary/aromatic N) is 3. The Kier molecular flexibility index (Phi) is 8.15. The second-order valence-corrected chi connectivity index (χ2v) is 11.8. The number of carbonyl (C=O) groups excluding carboxylic acids is 1. The number of benzene rings is 1. The van der Waals surface area contributed by atoms with Crippen LogP contribution in [0.3, 0.4) is 0 Å². The molecule has 0 bridgehead atoms. The third-order valence-corrected chi connectivity index (χ3v) is 6.09. The lowest BCUT2D eigenvalue weighted by Crippen LogP contribution is -2.43. The van der Waals surface area contributed by atoms with Crippen LogP contribution in [-0.4, -0.2) is 53.6 Å². The van der Waals surface area contributed by atoms with Crippen molar-refractivity contribution in [2.24, 2.45) is 5.92 Å². The number of amides is 1. The predicted molar refractivity (Wildman–Crippen MR) is 126 cm³/mol. The molecule has 11 nitrogen and oxygen atoms in total. The summed E-state index contributed by atoms with van der Waals surface area (Å²) in [5, 5.41) is 10.4. The zero-order valence-electron chi connectivity index (χ0n) is 19.0. The molecule has 1 amide bonds. The normalized spacial score (nSPS) is 13.8. The average Bonchev–Trinajstić information content (AvgIpc) is 2.66. The van der Waals surface area contributed by atoms with Gasteiger partial charge in [0.1, 0.15) is 17.4 Å². The molecule has 13 heteroatoms. The maximum Gasteiger partial charge on any atom is 0.427 e. The summed E-state index contributed by atoms with van der Waals surface area (Å²) in [5.74, 6) is -0.492. The highest BCUT2D eigenvalue weighted by Gasteiger charge is 2.30. The summed E-state index contributed by atoms with van der Waals surface area (Å²) < 4.78 is 57.6. The second kappa shape index (κ2) is 10.1. The topological polar surface area (TPSA) is 162 Å². The van der Waals surface area contributed by atoms with Crippen LogP contribution in [0.5, 0.6) is 0 Å². The lowest BCUT2D eigenvalue weighted by molar-refractivity contribution is 0.0565. The van der Waals surface area contributed by atoms with Gasteiger partial charge < -0.3 is 4.74 Å². The maximum absolute atomic E-state index is 12.2. The first-order valence-corrected chi connectivity index (χ1v) is 13.1. The molecule has 1 atom stereocenters.